The van der Waals surface area contributed by atoms with Crippen molar-refractivity contribution in [3.63, 3.8) is 0 Å². The van der Waals surface area contributed by atoms with Crippen molar-refractivity contribution in [2.75, 3.05) is 4.90 Å². The third-order valence-corrected chi connectivity index (χ3v) is 10.1. The molecule has 0 radical (unpaired) electrons. The molecule has 0 saturated carbocycles. The highest BCUT2D eigenvalue weighted by atomic mass is 35.5. The first-order valence-electron chi connectivity index (χ1n) is 15.9. The number of hydrogen-bond acceptors (Lipinski definition) is 9. The summed E-state index contributed by atoms with van der Waals surface area (Å²) in [6, 6.07) is 11.1. The maximum absolute atomic E-state index is 15.8. The number of ether oxygens (including phenoxy) is 2. The zero-order chi connectivity index (χ0) is 37.6. The molecule has 0 bridgehead atoms. The number of carbonyl (C=O) groups excluding carboxylic acids is 2. The Kier molecular flexibility index (Phi) is 11.2. The lowest BCUT2D eigenvalue weighted by molar-refractivity contribution is 0.0426. The summed E-state index contributed by atoms with van der Waals surface area (Å²) in [5, 5.41) is 11.3. The van der Waals surface area contributed by atoms with Gasteiger partial charge in [-0.25, -0.2) is 27.9 Å². The summed E-state index contributed by atoms with van der Waals surface area (Å²) in [5.41, 5.74) is -1.07. The second-order valence-electron chi connectivity index (χ2n) is 15.3. The summed E-state index contributed by atoms with van der Waals surface area (Å²) >= 11 is 8.04. The molecule has 1 aromatic carbocycles. The average molecular weight is 747 g/mol. The third kappa shape index (κ3) is 9.43. The van der Waals surface area contributed by atoms with Crippen LogP contribution in [-0.2, 0) is 26.1 Å². The summed E-state index contributed by atoms with van der Waals surface area (Å²) in [5.74, 6) is -1.78. The van der Waals surface area contributed by atoms with E-state index < -0.39 is 62.4 Å². The molecule has 2 N–H and O–H groups in total. The average Bonchev–Trinajstić information content (AvgIpc) is 3.39. The van der Waals surface area contributed by atoms with Gasteiger partial charge in [-0.15, -0.1) is 11.3 Å². The van der Waals surface area contributed by atoms with E-state index in [2.05, 4.69) is 14.7 Å². The Labute approximate surface area is 304 Å². The van der Waals surface area contributed by atoms with Crippen LogP contribution in [-0.4, -0.2) is 47.4 Å². The van der Waals surface area contributed by atoms with E-state index in [9.17, 15) is 18.9 Å². The van der Waals surface area contributed by atoms with E-state index in [0.717, 1.165) is 21.7 Å². The minimum Gasteiger partial charge on any atom is -0.443 e. The first-order chi connectivity index (χ1) is 22.9. The highest BCUT2D eigenvalue weighted by molar-refractivity contribution is 7.84. The fourth-order valence-corrected chi connectivity index (χ4v) is 6.98. The molecular weight excluding hydrogens is 703 g/mol. The number of pyridine rings is 2. The van der Waals surface area contributed by atoms with E-state index in [1.165, 1.54) is 11.3 Å². The molecule has 0 spiro atoms. The van der Waals surface area contributed by atoms with Crippen molar-refractivity contribution in [1.29, 1.82) is 0 Å². The van der Waals surface area contributed by atoms with Gasteiger partial charge in [-0.1, -0.05) is 29.8 Å². The largest absolute Gasteiger partial charge is 0.443 e. The van der Waals surface area contributed by atoms with Crippen LogP contribution in [0.25, 0.3) is 21.3 Å². The number of hydrogen-bond donors (Lipinski definition) is 2. The number of fused-ring (bicyclic) bond motifs is 1. The number of anilines is 1. The van der Waals surface area contributed by atoms with Gasteiger partial charge < -0.3 is 14.6 Å². The normalized spacial score (nSPS) is 14.0. The van der Waals surface area contributed by atoms with E-state index in [1.54, 1.807) is 88.4 Å². The second kappa shape index (κ2) is 14.3. The van der Waals surface area contributed by atoms with Crippen LogP contribution in [0.5, 0.6) is 0 Å². The molecule has 50 heavy (non-hydrogen) atoms. The molecule has 2 amide bonds. The summed E-state index contributed by atoms with van der Waals surface area (Å²) in [6.07, 6.45) is -0.777. The smallest absolute Gasteiger partial charge is 0.425 e. The molecule has 10 nitrogen and oxygen atoms in total. The van der Waals surface area contributed by atoms with Crippen LogP contribution in [0.2, 0.25) is 5.02 Å². The van der Waals surface area contributed by atoms with Crippen LogP contribution in [0.15, 0.2) is 48.7 Å². The summed E-state index contributed by atoms with van der Waals surface area (Å²) in [4.78, 5) is 36.9. The van der Waals surface area contributed by atoms with Gasteiger partial charge in [0.05, 0.1) is 43.8 Å². The number of aliphatic hydroxyl groups is 1. The summed E-state index contributed by atoms with van der Waals surface area (Å²) in [7, 11) is -1.69. The number of halogens is 2. The SMILES string of the molecule is CC(C)(C)OC(=O)N(C(=O)OC(C)(C)C)c1nc([C@@H](N[S@@](=O)C(C)(C)C)c2cc3cccc(-c4cc(C(C)(C)O)ccn4)c3s2)c(Cl)cc1F. The number of thiophene rings is 1. The van der Waals surface area contributed by atoms with Crippen molar-refractivity contribution in [3.8, 4) is 11.3 Å². The predicted octanol–water partition coefficient (Wildman–Crippen LogP) is 9.20. The number of amides is 2. The zero-order valence-corrected chi connectivity index (χ0v) is 32.5. The lowest BCUT2D eigenvalue weighted by atomic mass is 9.97. The molecule has 2 atom stereocenters. The van der Waals surface area contributed by atoms with Crippen LogP contribution >= 0.6 is 22.9 Å². The highest BCUT2D eigenvalue weighted by Gasteiger charge is 2.37. The van der Waals surface area contributed by atoms with Gasteiger partial charge in [0.2, 0.25) is 0 Å². The lowest BCUT2D eigenvalue weighted by Crippen LogP contribution is -2.45. The molecular formula is C36H44ClFN4O6S2. The molecule has 4 rings (SSSR count). The van der Waals surface area contributed by atoms with Crippen molar-refractivity contribution < 1.29 is 32.8 Å². The first kappa shape index (κ1) is 39.3. The molecule has 3 aromatic heterocycles. The number of aromatic nitrogens is 2. The molecule has 0 fully saturated rings. The lowest BCUT2D eigenvalue weighted by Gasteiger charge is -2.29. The van der Waals surface area contributed by atoms with Crippen molar-refractivity contribution in [2.45, 2.75) is 104 Å². The number of nitrogens with one attached hydrogen (secondary N) is 1. The van der Waals surface area contributed by atoms with Crippen LogP contribution < -0.4 is 9.62 Å². The molecule has 0 unspecified atom stereocenters. The molecule has 0 saturated heterocycles. The van der Waals surface area contributed by atoms with Crippen LogP contribution in [0.1, 0.15) is 98.3 Å². The van der Waals surface area contributed by atoms with E-state index >= 15 is 4.39 Å². The van der Waals surface area contributed by atoms with Crippen molar-refractivity contribution in [3.05, 3.63) is 75.6 Å². The number of nitrogens with zero attached hydrogens (tertiary/aromatic N) is 3. The maximum atomic E-state index is 15.8. The summed E-state index contributed by atoms with van der Waals surface area (Å²) in [6.45, 7) is 18.4. The Morgan fingerprint density at radius 3 is 2.10 bits per heavy atom. The van der Waals surface area contributed by atoms with Crippen LogP contribution in [0, 0.1) is 5.82 Å². The van der Waals surface area contributed by atoms with Gasteiger partial charge in [0.1, 0.15) is 11.2 Å². The molecule has 4 aromatic rings. The van der Waals surface area contributed by atoms with Gasteiger partial charge in [-0.2, -0.15) is 4.90 Å². The number of carbonyl (C=O) groups is 2. The van der Waals surface area contributed by atoms with Crippen molar-refractivity contribution in [1.82, 2.24) is 14.7 Å². The monoisotopic (exact) mass is 746 g/mol. The number of imide groups is 1. The minimum atomic E-state index is -1.69. The molecule has 0 aliphatic carbocycles. The van der Waals surface area contributed by atoms with Crippen molar-refractivity contribution >= 4 is 62.0 Å². The van der Waals surface area contributed by atoms with E-state index in [4.69, 9.17) is 21.1 Å². The standard InChI is InChI=1S/C36H44ClFN4O6S2/c1-33(2,3)47-31(43)42(32(44)48-34(4,5)6)30-24(38)19-23(37)27(40-30)28(41-50(46)35(7,8)9)26-17-20-13-12-14-22(29(20)49-26)25-18-21(15-16-39-25)36(10,11)45/h12-19,28,41,45H,1-11H3/t28-,50-/m0/s1. The van der Waals surface area contributed by atoms with Gasteiger partial charge in [0, 0.05) is 21.3 Å². The molecule has 0 aliphatic rings. The van der Waals surface area contributed by atoms with Gasteiger partial charge in [0.15, 0.2) is 11.6 Å². The van der Waals surface area contributed by atoms with E-state index in [-0.39, 0.29) is 10.7 Å². The zero-order valence-electron chi connectivity index (χ0n) is 30.1. The quantitative estimate of drug-likeness (QED) is 0.191. The minimum absolute atomic E-state index is 0.00745. The third-order valence-electron chi connectivity index (χ3n) is 6.95. The van der Waals surface area contributed by atoms with Gasteiger partial charge >= 0.3 is 12.2 Å². The topological polar surface area (TPSA) is 131 Å². The van der Waals surface area contributed by atoms with Gasteiger partial charge in [-0.05, 0) is 111 Å². The second-order valence-corrected chi connectivity index (χ2v) is 18.7. The Bertz CT molecular complexity index is 1910. The number of rotatable bonds is 7. The Hall–Kier alpha value is -3.49. The fourth-order valence-electron chi connectivity index (χ4n) is 4.61. The van der Waals surface area contributed by atoms with Gasteiger partial charge in [-0.3, -0.25) is 4.98 Å². The Morgan fingerprint density at radius 2 is 1.56 bits per heavy atom. The Balaban J connectivity index is 1.95. The Morgan fingerprint density at radius 1 is 0.960 bits per heavy atom. The highest BCUT2D eigenvalue weighted by Crippen LogP contribution is 2.41. The van der Waals surface area contributed by atoms with Crippen LogP contribution in [0.3, 0.4) is 0 Å². The molecule has 0 aliphatic heterocycles. The first-order valence-corrected chi connectivity index (χ1v) is 18.2. The maximum Gasteiger partial charge on any atom is 0.425 e. The van der Waals surface area contributed by atoms with Crippen LogP contribution in [0.4, 0.5) is 19.8 Å². The van der Waals surface area contributed by atoms with E-state index in [0.29, 0.717) is 21.0 Å². The predicted molar refractivity (Wildman–Crippen MR) is 197 cm³/mol. The number of benzene rings is 1. The summed E-state index contributed by atoms with van der Waals surface area (Å²) < 4.78 is 43.6. The molecule has 3 heterocycles. The van der Waals surface area contributed by atoms with Crippen molar-refractivity contribution in [2.24, 2.45) is 0 Å². The van der Waals surface area contributed by atoms with Gasteiger partial charge in [0.25, 0.3) is 0 Å². The molecule has 14 heteroatoms. The van der Waals surface area contributed by atoms with E-state index in [1.807, 2.05) is 30.3 Å². The molecule has 270 valence electrons. The fraction of sp³-hybridized carbons (Fsp3) is 0.444.